The Morgan fingerprint density at radius 2 is 1.70 bits per heavy atom. The fourth-order valence-electron chi connectivity index (χ4n) is 1.93. The number of rotatable bonds is 1. The standard InChI is InChI=1S/C14H8F3N3O.C2H6/c15-14(16,17)9-5-3-8(4-6-9)11-19-12-10(13(21)20-11)2-1-7-18-12;1-2/h1-7H,(H,18,19,20,21);1-2H3. The molecule has 0 amide bonds. The summed E-state index contributed by atoms with van der Waals surface area (Å²) in [6.45, 7) is 4.00. The highest BCUT2D eigenvalue weighted by atomic mass is 19.4. The number of alkyl halides is 3. The van der Waals surface area contributed by atoms with E-state index in [0.29, 0.717) is 10.9 Å². The highest BCUT2D eigenvalue weighted by Gasteiger charge is 2.30. The van der Waals surface area contributed by atoms with E-state index >= 15 is 0 Å². The van der Waals surface area contributed by atoms with Crippen molar-refractivity contribution in [3.05, 3.63) is 58.5 Å². The molecule has 0 atom stereocenters. The Hall–Kier alpha value is -2.70. The van der Waals surface area contributed by atoms with E-state index in [2.05, 4.69) is 15.0 Å². The number of fused-ring (bicyclic) bond motifs is 1. The Morgan fingerprint density at radius 3 is 2.30 bits per heavy atom. The molecule has 0 unspecified atom stereocenters. The summed E-state index contributed by atoms with van der Waals surface area (Å²) in [6.07, 6.45) is -2.91. The Balaban J connectivity index is 0.000000924. The summed E-state index contributed by atoms with van der Waals surface area (Å²) in [5.74, 6) is 0.180. The molecule has 0 spiro atoms. The van der Waals surface area contributed by atoms with Crippen molar-refractivity contribution >= 4 is 11.0 Å². The first-order valence-corrected chi connectivity index (χ1v) is 6.98. The fraction of sp³-hybridized carbons (Fsp3) is 0.188. The molecule has 1 aromatic carbocycles. The molecule has 23 heavy (non-hydrogen) atoms. The van der Waals surface area contributed by atoms with Gasteiger partial charge in [-0.15, -0.1) is 0 Å². The molecule has 0 aliphatic carbocycles. The van der Waals surface area contributed by atoms with E-state index in [1.165, 1.54) is 18.3 Å². The van der Waals surface area contributed by atoms with Gasteiger partial charge in [0.05, 0.1) is 10.9 Å². The lowest BCUT2D eigenvalue weighted by atomic mass is 10.1. The van der Waals surface area contributed by atoms with Crippen molar-refractivity contribution in [2.24, 2.45) is 0 Å². The smallest absolute Gasteiger partial charge is 0.306 e. The summed E-state index contributed by atoms with van der Waals surface area (Å²) in [5, 5.41) is 0.327. The van der Waals surface area contributed by atoms with Crippen LogP contribution in [0.2, 0.25) is 0 Å². The molecule has 3 aromatic rings. The summed E-state index contributed by atoms with van der Waals surface area (Å²) in [5.41, 5.74) is -0.515. The van der Waals surface area contributed by atoms with Crippen LogP contribution in [0.4, 0.5) is 13.2 Å². The largest absolute Gasteiger partial charge is 0.416 e. The Labute approximate surface area is 130 Å². The van der Waals surface area contributed by atoms with Crippen molar-refractivity contribution < 1.29 is 13.2 Å². The first-order chi connectivity index (χ1) is 10.9. The first-order valence-electron chi connectivity index (χ1n) is 6.98. The van der Waals surface area contributed by atoms with Gasteiger partial charge >= 0.3 is 6.18 Å². The average molecular weight is 321 g/mol. The van der Waals surface area contributed by atoms with Crippen molar-refractivity contribution in [3.63, 3.8) is 0 Å². The fourth-order valence-corrected chi connectivity index (χ4v) is 1.93. The van der Waals surface area contributed by atoms with Crippen LogP contribution in [0.15, 0.2) is 47.4 Å². The second kappa shape index (κ2) is 6.60. The van der Waals surface area contributed by atoms with Gasteiger partial charge in [-0.05, 0) is 24.3 Å². The predicted molar refractivity (Wildman–Crippen MR) is 81.9 cm³/mol. The number of nitrogens with one attached hydrogen (secondary N) is 1. The normalized spacial score (nSPS) is 11.0. The highest BCUT2D eigenvalue weighted by molar-refractivity contribution is 5.75. The van der Waals surface area contributed by atoms with Gasteiger partial charge in [-0.3, -0.25) is 4.79 Å². The average Bonchev–Trinajstić information content (AvgIpc) is 2.56. The Morgan fingerprint density at radius 1 is 1.04 bits per heavy atom. The van der Waals surface area contributed by atoms with Gasteiger partial charge in [0.1, 0.15) is 5.82 Å². The molecular formula is C16H14F3N3O. The van der Waals surface area contributed by atoms with Crippen molar-refractivity contribution in [3.8, 4) is 11.4 Å². The van der Waals surface area contributed by atoms with Gasteiger partial charge in [0, 0.05) is 11.8 Å². The molecule has 0 aliphatic heterocycles. The van der Waals surface area contributed by atoms with Gasteiger partial charge in [-0.2, -0.15) is 13.2 Å². The van der Waals surface area contributed by atoms with Gasteiger partial charge in [0.2, 0.25) is 0 Å². The maximum atomic E-state index is 12.5. The van der Waals surface area contributed by atoms with E-state index < -0.39 is 11.7 Å². The van der Waals surface area contributed by atoms with Crippen LogP contribution in [0.3, 0.4) is 0 Å². The summed E-state index contributed by atoms with van der Waals surface area (Å²) in [4.78, 5) is 22.5. The summed E-state index contributed by atoms with van der Waals surface area (Å²) in [6, 6.07) is 7.59. The van der Waals surface area contributed by atoms with E-state index in [0.717, 1.165) is 12.1 Å². The van der Waals surface area contributed by atoms with Crippen LogP contribution in [-0.2, 0) is 6.18 Å². The maximum Gasteiger partial charge on any atom is 0.416 e. The maximum absolute atomic E-state index is 12.5. The molecule has 0 saturated heterocycles. The van der Waals surface area contributed by atoms with E-state index in [1.54, 1.807) is 12.1 Å². The van der Waals surface area contributed by atoms with Crippen molar-refractivity contribution in [1.29, 1.82) is 0 Å². The molecule has 120 valence electrons. The minimum absolute atomic E-state index is 0.180. The van der Waals surface area contributed by atoms with E-state index in [-0.39, 0.29) is 17.0 Å². The molecule has 0 radical (unpaired) electrons. The SMILES string of the molecule is CC.O=c1[nH]c(-c2ccc(C(F)(F)F)cc2)nc2ncccc12. The van der Waals surface area contributed by atoms with Crippen molar-refractivity contribution in [1.82, 2.24) is 15.0 Å². The van der Waals surface area contributed by atoms with Crippen LogP contribution >= 0.6 is 0 Å². The zero-order valence-corrected chi connectivity index (χ0v) is 12.5. The first kappa shape index (κ1) is 16.7. The molecule has 2 aromatic heterocycles. The quantitative estimate of drug-likeness (QED) is 0.736. The van der Waals surface area contributed by atoms with Crippen LogP contribution in [-0.4, -0.2) is 15.0 Å². The summed E-state index contributed by atoms with van der Waals surface area (Å²) >= 11 is 0. The van der Waals surface area contributed by atoms with E-state index in [1.807, 2.05) is 13.8 Å². The number of pyridine rings is 1. The third kappa shape index (κ3) is 3.56. The number of halogens is 3. The summed E-state index contributed by atoms with van der Waals surface area (Å²) in [7, 11) is 0. The molecule has 4 nitrogen and oxygen atoms in total. The molecule has 3 rings (SSSR count). The van der Waals surface area contributed by atoms with Crippen LogP contribution in [0.25, 0.3) is 22.4 Å². The van der Waals surface area contributed by atoms with Crippen LogP contribution in [0, 0.1) is 0 Å². The molecule has 0 saturated carbocycles. The monoisotopic (exact) mass is 321 g/mol. The lowest BCUT2D eigenvalue weighted by Crippen LogP contribution is -2.10. The van der Waals surface area contributed by atoms with Gasteiger partial charge in [0.25, 0.3) is 5.56 Å². The van der Waals surface area contributed by atoms with E-state index in [4.69, 9.17) is 0 Å². The minimum Gasteiger partial charge on any atom is -0.306 e. The third-order valence-corrected chi connectivity index (χ3v) is 2.97. The highest BCUT2D eigenvalue weighted by Crippen LogP contribution is 2.30. The number of hydrogen-bond donors (Lipinski definition) is 1. The topological polar surface area (TPSA) is 58.6 Å². The lowest BCUT2D eigenvalue weighted by molar-refractivity contribution is -0.137. The van der Waals surface area contributed by atoms with Crippen LogP contribution < -0.4 is 5.56 Å². The number of H-pyrrole nitrogens is 1. The molecule has 7 heteroatoms. The van der Waals surface area contributed by atoms with Gasteiger partial charge in [-0.1, -0.05) is 26.0 Å². The third-order valence-electron chi connectivity index (χ3n) is 2.97. The zero-order valence-electron chi connectivity index (χ0n) is 12.5. The molecule has 0 fully saturated rings. The molecule has 0 aliphatic rings. The minimum atomic E-state index is -4.40. The Kier molecular flexibility index (Phi) is 4.78. The van der Waals surface area contributed by atoms with Gasteiger partial charge < -0.3 is 4.98 Å². The molecule has 2 heterocycles. The molecule has 1 N–H and O–H groups in total. The lowest BCUT2D eigenvalue weighted by Gasteiger charge is -2.07. The number of aromatic nitrogens is 3. The second-order valence-corrected chi connectivity index (χ2v) is 4.36. The second-order valence-electron chi connectivity index (χ2n) is 4.36. The zero-order chi connectivity index (χ0) is 17.0. The van der Waals surface area contributed by atoms with Crippen molar-refractivity contribution in [2.45, 2.75) is 20.0 Å². The van der Waals surface area contributed by atoms with Crippen molar-refractivity contribution in [2.75, 3.05) is 0 Å². The van der Waals surface area contributed by atoms with Gasteiger partial charge in [0.15, 0.2) is 5.65 Å². The predicted octanol–water partition coefficient (Wildman–Crippen LogP) is 4.03. The number of aromatic amines is 1. The Bertz CT molecular complexity index is 855. The molecular weight excluding hydrogens is 307 g/mol. The van der Waals surface area contributed by atoms with Crippen LogP contribution in [0.1, 0.15) is 19.4 Å². The number of nitrogens with zero attached hydrogens (tertiary/aromatic N) is 2. The number of hydrogen-bond acceptors (Lipinski definition) is 3. The number of benzene rings is 1. The van der Waals surface area contributed by atoms with Gasteiger partial charge in [-0.25, -0.2) is 9.97 Å². The van der Waals surface area contributed by atoms with E-state index in [9.17, 15) is 18.0 Å². The van der Waals surface area contributed by atoms with Crippen LogP contribution in [0.5, 0.6) is 0 Å². The summed E-state index contributed by atoms with van der Waals surface area (Å²) < 4.78 is 37.5. The molecule has 0 bridgehead atoms.